The molecule has 0 saturated carbocycles. The Labute approximate surface area is 135 Å². The van der Waals surface area contributed by atoms with E-state index in [0.29, 0.717) is 0 Å². The molecule has 0 N–H and O–H groups in total. The van der Waals surface area contributed by atoms with E-state index < -0.39 is 24.3 Å². The fourth-order valence-corrected chi connectivity index (χ4v) is 2.68. The Kier molecular flexibility index (Phi) is 5.14. The topological polar surface area (TPSA) is 17.1 Å². The largest absolute Gasteiger partial charge is 0.390 e. The van der Waals surface area contributed by atoms with E-state index in [9.17, 15) is 18.0 Å². The summed E-state index contributed by atoms with van der Waals surface area (Å²) in [6, 6.07) is 12.1. The Morgan fingerprint density at radius 3 is 2.05 bits per heavy atom. The van der Waals surface area contributed by atoms with Gasteiger partial charge in [0.2, 0.25) is 0 Å². The van der Waals surface area contributed by atoms with Crippen molar-refractivity contribution in [3.05, 3.63) is 69.7 Å². The number of Topliss-reactive ketones (excluding diaryl/α,β-unsaturated/α-hetero) is 1. The number of halogens is 5. The van der Waals surface area contributed by atoms with Crippen molar-refractivity contribution in [1.29, 1.82) is 0 Å². The Balaban J connectivity index is 2.48. The fourth-order valence-electron chi connectivity index (χ4n) is 2.18. The Hall–Kier alpha value is -1.52. The first kappa shape index (κ1) is 16.8. The summed E-state index contributed by atoms with van der Waals surface area (Å²) in [4.78, 5) is 12.6. The predicted octanol–water partition coefficient (Wildman–Crippen LogP) is 5.91. The maximum atomic E-state index is 12.9. The first-order valence-corrected chi connectivity index (χ1v) is 7.15. The Bertz CT molecular complexity index is 683. The highest BCUT2D eigenvalue weighted by Gasteiger charge is 2.37. The third-order valence-electron chi connectivity index (χ3n) is 3.17. The van der Waals surface area contributed by atoms with Gasteiger partial charge < -0.3 is 0 Å². The van der Waals surface area contributed by atoms with Crippen LogP contribution in [0.15, 0.2) is 48.5 Å². The molecule has 0 fully saturated rings. The van der Waals surface area contributed by atoms with Crippen LogP contribution in [0.4, 0.5) is 13.2 Å². The van der Waals surface area contributed by atoms with Gasteiger partial charge in [-0.05, 0) is 23.8 Å². The molecule has 0 amide bonds. The van der Waals surface area contributed by atoms with Crippen LogP contribution in [0.25, 0.3) is 0 Å². The number of alkyl halides is 3. The average molecular weight is 347 g/mol. The van der Waals surface area contributed by atoms with Gasteiger partial charge in [0.1, 0.15) is 0 Å². The lowest BCUT2D eigenvalue weighted by molar-refractivity contribution is -0.136. The lowest BCUT2D eigenvalue weighted by Gasteiger charge is -2.19. The van der Waals surface area contributed by atoms with Gasteiger partial charge in [0, 0.05) is 10.6 Å². The summed E-state index contributed by atoms with van der Waals surface area (Å²) in [5.74, 6) is -2.12. The maximum Gasteiger partial charge on any atom is 0.390 e. The van der Waals surface area contributed by atoms with Crippen LogP contribution in [0.3, 0.4) is 0 Å². The van der Waals surface area contributed by atoms with Crippen molar-refractivity contribution in [2.24, 2.45) is 0 Å². The van der Waals surface area contributed by atoms with E-state index in [2.05, 4.69) is 0 Å². The minimum absolute atomic E-state index is 0.0540. The van der Waals surface area contributed by atoms with Gasteiger partial charge in [-0.15, -0.1) is 0 Å². The number of carbonyl (C=O) groups is 1. The number of carbonyl (C=O) groups excluding carboxylic acids is 1. The third kappa shape index (κ3) is 4.02. The number of rotatable bonds is 4. The molecule has 116 valence electrons. The first-order chi connectivity index (χ1) is 10.3. The van der Waals surface area contributed by atoms with Gasteiger partial charge in [-0.25, -0.2) is 0 Å². The van der Waals surface area contributed by atoms with Crippen molar-refractivity contribution in [2.75, 3.05) is 0 Å². The summed E-state index contributed by atoms with van der Waals surface area (Å²) in [5, 5.41) is 0.240. The number of ketones is 1. The fraction of sp³-hybridized carbons (Fsp3) is 0.188. The molecule has 0 aliphatic rings. The molecule has 0 bridgehead atoms. The van der Waals surface area contributed by atoms with Crippen LogP contribution in [0.2, 0.25) is 10.0 Å². The van der Waals surface area contributed by atoms with E-state index in [0.717, 1.165) is 0 Å². The van der Waals surface area contributed by atoms with Crippen molar-refractivity contribution in [2.45, 2.75) is 18.5 Å². The quantitative estimate of drug-likeness (QED) is 0.628. The first-order valence-electron chi connectivity index (χ1n) is 6.39. The highest BCUT2D eigenvalue weighted by molar-refractivity contribution is 6.34. The van der Waals surface area contributed by atoms with E-state index in [1.807, 2.05) is 0 Å². The molecule has 0 radical (unpaired) electrons. The van der Waals surface area contributed by atoms with Crippen LogP contribution in [-0.4, -0.2) is 12.0 Å². The van der Waals surface area contributed by atoms with Gasteiger partial charge in [-0.2, -0.15) is 13.2 Å². The molecule has 1 atom stereocenters. The van der Waals surface area contributed by atoms with E-state index >= 15 is 0 Å². The molecule has 0 aromatic heterocycles. The molecular weight excluding hydrogens is 336 g/mol. The second-order valence-corrected chi connectivity index (χ2v) is 5.55. The molecule has 6 heteroatoms. The Morgan fingerprint density at radius 1 is 0.955 bits per heavy atom. The standard InChI is InChI=1S/C16H11Cl2F3O/c17-13-7-3-1-5-10(13)12(9-16(19,20)21)15(22)11-6-2-4-8-14(11)18/h1-8,12H,9H2/t12-/m1/s1. The van der Waals surface area contributed by atoms with Crippen molar-refractivity contribution in [3.63, 3.8) is 0 Å². The lowest BCUT2D eigenvalue weighted by atomic mass is 9.87. The van der Waals surface area contributed by atoms with E-state index in [1.54, 1.807) is 24.3 Å². The summed E-state index contributed by atoms with van der Waals surface area (Å²) in [7, 11) is 0. The van der Waals surface area contributed by atoms with Gasteiger partial charge in [0.15, 0.2) is 5.78 Å². The average Bonchev–Trinajstić information content (AvgIpc) is 2.44. The second kappa shape index (κ2) is 6.71. The van der Waals surface area contributed by atoms with Crippen LogP contribution in [-0.2, 0) is 0 Å². The molecule has 2 rings (SSSR count). The molecule has 0 spiro atoms. The van der Waals surface area contributed by atoms with Gasteiger partial charge in [0.05, 0.1) is 17.4 Å². The molecule has 0 unspecified atom stereocenters. The molecule has 0 aliphatic heterocycles. The molecule has 0 saturated heterocycles. The molecule has 1 nitrogen and oxygen atoms in total. The summed E-state index contributed by atoms with van der Waals surface area (Å²) < 4.78 is 38.6. The summed E-state index contributed by atoms with van der Waals surface area (Å²) in [5.41, 5.74) is 0.199. The van der Waals surface area contributed by atoms with E-state index in [4.69, 9.17) is 23.2 Å². The summed E-state index contributed by atoms with van der Waals surface area (Å²) in [6.45, 7) is 0. The van der Waals surface area contributed by atoms with Gasteiger partial charge in [0.25, 0.3) is 0 Å². The van der Waals surface area contributed by atoms with Crippen LogP contribution < -0.4 is 0 Å². The number of hydrogen-bond acceptors (Lipinski definition) is 1. The lowest BCUT2D eigenvalue weighted by Crippen LogP contribution is -2.21. The number of benzene rings is 2. The molecule has 22 heavy (non-hydrogen) atoms. The molecule has 0 heterocycles. The highest BCUT2D eigenvalue weighted by Crippen LogP contribution is 2.37. The zero-order chi connectivity index (χ0) is 16.3. The van der Waals surface area contributed by atoms with Crippen molar-refractivity contribution in [1.82, 2.24) is 0 Å². The van der Waals surface area contributed by atoms with Crippen LogP contribution in [0, 0.1) is 0 Å². The zero-order valence-corrected chi connectivity index (χ0v) is 12.7. The second-order valence-electron chi connectivity index (χ2n) is 4.74. The number of hydrogen-bond donors (Lipinski definition) is 0. The van der Waals surface area contributed by atoms with Crippen LogP contribution >= 0.6 is 23.2 Å². The van der Waals surface area contributed by atoms with E-state index in [1.165, 1.54) is 24.3 Å². The van der Waals surface area contributed by atoms with Crippen molar-refractivity contribution >= 4 is 29.0 Å². The summed E-state index contributed by atoms with van der Waals surface area (Å²) >= 11 is 11.9. The SMILES string of the molecule is O=C(c1ccccc1Cl)[C@H](CC(F)(F)F)c1ccccc1Cl. The molecule has 2 aromatic rings. The van der Waals surface area contributed by atoms with Gasteiger partial charge >= 0.3 is 6.18 Å². The highest BCUT2D eigenvalue weighted by atomic mass is 35.5. The van der Waals surface area contributed by atoms with Crippen LogP contribution in [0.1, 0.15) is 28.3 Å². The van der Waals surface area contributed by atoms with Crippen molar-refractivity contribution < 1.29 is 18.0 Å². The molecule has 0 aliphatic carbocycles. The molecule has 2 aromatic carbocycles. The smallest absolute Gasteiger partial charge is 0.293 e. The summed E-state index contributed by atoms with van der Waals surface area (Å²) in [6.07, 6.45) is -5.79. The predicted molar refractivity (Wildman–Crippen MR) is 80.6 cm³/mol. The van der Waals surface area contributed by atoms with Crippen LogP contribution in [0.5, 0.6) is 0 Å². The van der Waals surface area contributed by atoms with Gasteiger partial charge in [-0.1, -0.05) is 53.5 Å². The Morgan fingerprint density at radius 2 is 1.50 bits per heavy atom. The van der Waals surface area contributed by atoms with Crippen molar-refractivity contribution in [3.8, 4) is 0 Å². The minimum Gasteiger partial charge on any atom is -0.293 e. The normalized spacial score (nSPS) is 13.0. The molecular formula is C16H11Cl2F3O. The third-order valence-corrected chi connectivity index (χ3v) is 3.85. The minimum atomic E-state index is -4.50. The maximum absolute atomic E-state index is 12.9. The van der Waals surface area contributed by atoms with E-state index in [-0.39, 0.29) is 21.2 Å². The zero-order valence-electron chi connectivity index (χ0n) is 11.2. The monoisotopic (exact) mass is 346 g/mol. The van der Waals surface area contributed by atoms with Gasteiger partial charge in [-0.3, -0.25) is 4.79 Å².